The number of methoxy groups -OCH3 is 1. The van der Waals surface area contributed by atoms with Crippen molar-refractivity contribution < 1.29 is 23.8 Å². The molecule has 6 heteroatoms. The third-order valence-electron chi connectivity index (χ3n) is 4.36. The monoisotopic (exact) mass is 323 g/mol. The number of piperidine rings is 1. The molecule has 0 saturated carbocycles. The Morgan fingerprint density at radius 3 is 2.87 bits per heavy atom. The summed E-state index contributed by atoms with van der Waals surface area (Å²) in [6.07, 6.45) is 1.06. The number of hydrogen-bond donors (Lipinski definition) is 1. The number of benzene rings is 1. The maximum absolute atomic E-state index is 13.6. The summed E-state index contributed by atoms with van der Waals surface area (Å²) in [5, 5.41) is 9.54. The molecule has 0 bridgehead atoms. The normalized spacial score (nSPS) is 22.9. The van der Waals surface area contributed by atoms with Gasteiger partial charge in [0.25, 0.3) is 0 Å². The van der Waals surface area contributed by atoms with Gasteiger partial charge in [0.2, 0.25) is 5.91 Å². The Balaban J connectivity index is 2.40. The molecule has 0 unspecified atom stereocenters. The molecule has 1 saturated heterocycles. The number of likely N-dealkylation sites (tertiary alicyclic amines) is 1. The largest absolute Gasteiger partial charge is 0.481 e. The van der Waals surface area contributed by atoms with Crippen molar-refractivity contribution in [2.24, 2.45) is 5.92 Å². The van der Waals surface area contributed by atoms with Gasteiger partial charge in [-0.05, 0) is 37.5 Å². The lowest BCUT2D eigenvalue weighted by atomic mass is 9.83. The molecule has 1 amide bonds. The van der Waals surface area contributed by atoms with E-state index < -0.39 is 23.7 Å². The summed E-state index contributed by atoms with van der Waals surface area (Å²) in [6.45, 7) is 2.34. The number of carboxylic acid groups (broad SMARTS) is 1. The lowest BCUT2D eigenvalue weighted by Crippen LogP contribution is -2.49. The summed E-state index contributed by atoms with van der Waals surface area (Å²) in [7, 11) is 1.58. The standard InChI is InChI=1S/C17H22FNO4/c1-11(8-9-23-2)19-15(20)7-6-14(17(21)22)16(19)12-4-3-5-13(18)10-12/h3-5,10-11,14,16H,6-9H2,1-2H3,(H,21,22)/t11-,14-,16-/m0/s1. The second-order valence-electron chi connectivity index (χ2n) is 5.91. The third kappa shape index (κ3) is 3.88. The zero-order valence-electron chi connectivity index (χ0n) is 13.4. The predicted molar refractivity (Wildman–Crippen MR) is 82.3 cm³/mol. The van der Waals surface area contributed by atoms with Gasteiger partial charge >= 0.3 is 5.97 Å². The fraction of sp³-hybridized carbons (Fsp3) is 0.529. The number of aliphatic carboxylic acids is 1. The minimum atomic E-state index is -0.962. The average molecular weight is 323 g/mol. The van der Waals surface area contributed by atoms with Crippen LogP contribution in [0.5, 0.6) is 0 Å². The van der Waals surface area contributed by atoms with Crippen molar-refractivity contribution >= 4 is 11.9 Å². The molecule has 0 radical (unpaired) electrons. The fourth-order valence-electron chi connectivity index (χ4n) is 3.20. The highest BCUT2D eigenvalue weighted by atomic mass is 19.1. The summed E-state index contributed by atoms with van der Waals surface area (Å²) in [4.78, 5) is 25.7. The minimum Gasteiger partial charge on any atom is -0.481 e. The Morgan fingerprint density at radius 2 is 2.26 bits per heavy atom. The highest BCUT2D eigenvalue weighted by Gasteiger charge is 2.42. The Bertz CT molecular complexity index is 577. The summed E-state index contributed by atoms with van der Waals surface area (Å²) < 4.78 is 18.7. The number of carbonyl (C=O) groups is 2. The molecule has 1 N–H and O–H groups in total. The van der Waals surface area contributed by atoms with Crippen molar-refractivity contribution in [2.75, 3.05) is 13.7 Å². The van der Waals surface area contributed by atoms with Gasteiger partial charge < -0.3 is 14.7 Å². The van der Waals surface area contributed by atoms with Crippen molar-refractivity contribution in [3.8, 4) is 0 Å². The first-order valence-corrected chi connectivity index (χ1v) is 7.74. The molecule has 1 aliphatic heterocycles. The number of halogens is 1. The number of carbonyl (C=O) groups excluding carboxylic acids is 1. The van der Waals surface area contributed by atoms with Crippen LogP contribution in [-0.4, -0.2) is 41.6 Å². The van der Waals surface area contributed by atoms with Gasteiger partial charge in [0, 0.05) is 26.2 Å². The first kappa shape index (κ1) is 17.4. The molecule has 1 aromatic rings. The Kier molecular flexibility index (Phi) is 5.71. The molecule has 1 heterocycles. The topological polar surface area (TPSA) is 66.8 Å². The number of hydrogen-bond acceptors (Lipinski definition) is 3. The van der Waals surface area contributed by atoms with Crippen LogP contribution in [0.4, 0.5) is 4.39 Å². The van der Waals surface area contributed by atoms with E-state index in [2.05, 4.69) is 0 Å². The van der Waals surface area contributed by atoms with Crippen LogP contribution in [0.2, 0.25) is 0 Å². The maximum Gasteiger partial charge on any atom is 0.308 e. The van der Waals surface area contributed by atoms with Crippen LogP contribution < -0.4 is 0 Å². The molecule has 1 fully saturated rings. The molecule has 3 atom stereocenters. The van der Waals surface area contributed by atoms with Gasteiger partial charge in [0.05, 0.1) is 12.0 Å². The summed E-state index contributed by atoms with van der Waals surface area (Å²) >= 11 is 0. The van der Waals surface area contributed by atoms with Crippen molar-refractivity contribution in [3.63, 3.8) is 0 Å². The van der Waals surface area contributed by atoms with Crippen LogP contribution in [0.25, 0.3) is 0 Å². The smallest absolute Gasteiger partial charge is 0.308 e. The highest BCUT2D eigenvalue weighted by molar-refractivity contribution is 5.82. The molecule has 126 valence electrons. The van der Waals surface area contributed by atoms with E-state index in [0.717, 1.165) is 0 Å². The molecule has 2 rings (SSSR count). The van der Waals surface area contributed by atoms with E-state index in [-0.39, 0.29) is 24.8 Å². The van der Waals surface area contributed by atoms with Crippen molar-refractivity contribution in [1.29, 1.82) is 0 Å². The molecule has 0 spiro atoms. The summed E-state index contributed by atoms with van der Waals surface area (Å²) in [6, 6.07) is 5.01. The second-order valence-corrected chi connectivity index (χ2v) is 5.91. The van der Waals surface area contributed by atoms with E-state index in [0.29, 0.717) is 18.6 Å². The molecule has 0 aromatic heterocycles. The summed E-state index contributed by atoms with van der Waals surface area (Å²) in [5.41, 5.74) is 0.523. The van der Waals surface area contributed by atoms with Crippen LogP contribution in [0.1, 0.15) is 37.8 Å². The van der Waals surface area contributed by atoms with Gasteiger partial charge in [-0.3, -0.25) is 9.59 Å². The number of amides is 1. The Hall–Kier alpha value is -1.95. The third-order valence-corrected chi connectivity index (χ3v) is 4.36. The van der Waals surface area contributed by atoms with Crippen LogP contribution in [0.3, 0.4) is 0 Å². The number of ether oxygens (including phenoxy) is 1. The Labute approximate surface area is 135 Å². The van der Waals surface area contributed by atoms with Crippen LogP contribution >= 0.6 is 0 Å². The lowest BCUT2D eigenvalue weighted by Gasteiger charge is -2.43. The van der Waals surface area contributed by atoms with E-state index in [1.807, 2.05) is 6.92 Å². The number of nitrogens with zero attached hydrogens (tertiary/aromatic N) is 1. The van der Waals surface area contributed by atoms with Gasteiger partial charge in [-0.2, -0.15) is 0 Å². The second kappa shape index (κ2) is 7.55. The number of rotatable bonds is 6. The van der Waals surface area contributed by atoms with E-state index in [1.54, 1.807) is 24.1 Å². The van der Waals surface area contributed by atoms with Crippen LogP contribution in [-0.2, 0) is 14.3 Å². The molecule has 0 aliphatic carbocycles. The molecular formula is C17H22FNO4. The molecule has 1 aromatic carbocycles. The Morgan fingerprint density at radius 1 is 1.52 bits per heavy atom. The van der Waals surface area contributed by atoms with Crippen molar-refractivity contribution in [3.05, 3.63) is 35.6 Å². The van der Waals surface area contributed by atoms with Gasteiger partial charge in [0.1, 0.15) is 5.82 Å². The van der Waals surface area contributed by atoms with Crippen molar-refractivity contribution in [2.45, 2.75) is 38.3 Å². The lowest BCUT2D eigenvalue weighted by molar-refractivity contribution is -0.154. The van der Waals surface area contributed by atoms with Crippen LogP contribution in [0, 0.1) is 11.7 Å². The van der Waals surface area contributed by atoms with Crippen LogP contribution in [0.15, 0.2) is 24.3 Å². The first-order chi connectivity index (χ1) is 11.0. The van der Waals surface area contributed by atoms with Crippen molar-refractivity contribution in [1.82, 2.24) is 4.90 Å². The minimum absolute atomic E-state index is 0.0969. The van der Waals surface area contributed by atoms with Gasteiger partial charge in [0.15, 0.2) is 0 Å². The molecule has 23 heavy (non-hydrogen) atoms. The van der Waals surface area contributed by atoms with Gasteiger partial charge in [-0.25, -0.2) is 4.39 Å². The number of carboxylic acids is 1. The predicted octanol–water partition coefficient (Wildman–Crippen LogP) is 2.62. The van der Waals surface area contributed by atoms with E-state index in [9.17, 15) is 19.1 Å². The van der Waals surface area contributed by atoms with E-state index in [1.165, 1.54) is 12.1 Å². The zero-order valence-corrected chi connectivity index (χ0v) is 13.4. The highest BCUT2D eigenvalue weighted by Crippen LogP contribution is 2.39. The van der Waals surface area contributed by atoms with E-state index in [4.69, 9.17) is 4.74 Å². The molecular weight excluding hydrogens is 301 g/mol. The molecule has 5 nitrogen and oxygen atoms in total. The fourth-order valence-corrected chi connectivity index (χ4v) is 3.20. The van der Waals surface area contributed by atoms with Gasteiger partial charge in [-0.15, -0.1) is 0 Å². The maximum atomic E-state index is 13.6. The quantitative estimate of drug-likeness (QED) is 0.874. The SMILES string of the molecule is COCC[C@H](C)N1C(=O)CC[C@H](C(=O)O)[C@@H]1c1cccc(F)c1. The summed E-state index contributed by atoms with van der Waals surface area (Å²) in [5.74, 6) is -2.23. The van der Waals surface area contributed by atoms with Gasteiger partial charge in [-0.1, -0.05) is 12.1 Å². The van der Waals surface area contributed by atoms with E-state index >= 15 is 0 Å². The average Bonchev–Trinajstić information content (AvgIpc) is 2.51. The zero-order chi connectivity index (χ0) is 17.0. The molecule has 1 aliphatic rings. The first-order valence-electron chi connectivity index (χ1n) is 7.74.